The van der Waals surface area contributed by atoms with E-state index in [2.05, 4.69) is 0 Å². The molecule has 0 saturated heterocycles. The van der Waals surface area contributed by atoms with E-state index in [1.807, 2.05) is 0 Å². The van der Waals surface area contributed by atoms with Gasteiger partial charge in [0, 0.05) is 28.8 Å². The second-order valence-corrected chi connectivity index (χ2v) is 9.15. The Kier molecular flexibility index (Phi) is 5.43. The monoisotopic (exact) mass is 478 g/mol. The summed E-state index contributed by atoms with van der Waals surface area (Å²) < 4.78 is 11.7. The fourth-order valence-electron chi connectivity index (χ4n) is 3.84. The van der Waals surface area contributed by atoms with Crippen LogP contribution in [0.25, 0.3) is 0 Å². The summed E-state index contributed by atoms with van der Waals surface area (Å²) in [6.07, 6.45) is 0. The van der Waals surface area contributed by atoms with Crippen LogP contribution in [0.4, 0.5) is 0 Å². The summed E-state index contributed by atoms with van der Waals surface area (Å²) in [6.45, 7) is 4.99. The number of rotatable bonds is 1. The molecule has 9 heteroatoms. The van der Waals surface area contributed by atoms with E-state index in [-0.39, 0.29) is 34.1 Å². The number of aromatic hydroxyl groups is 2. The number of aliphatic carboxylic acids is 1. The molecular formula is C26H22O9. The second kappa shape index (κ2) is 8.05. The molecule has 4 N–H and O–H groups in total. The lowest BCUT2D eigenvalue weighted by Crippen LogP contribution is -2.32. The van der Waals surface area contributed by atoms with Crippen molar-refractivity contribution >= 4 is 17.9 Å². The van der Waals surface area contributed by atoms with Crippen LogP contribution in [0.3, 0.4) is 0 Å². The first-order valence-corrected chi connectivity index (χ1v) is 10.5. The first-order chi connectivity index (χ1) is 16.3. The van der Waals surface area contributed by atoms with Gasteiger partial charge in [-0.15, -0.1) is 0 Å². The number of fused-ring (bicyclic) bond motifs is 6. The van der Waals surface area contributed by atoms with Crippen molar-refractivity contribution in [3.8, 4) is 23.0 Å². The van der Waals surface area contributed by atoms with Crippen molar-refractivity contribution in [2.24, 2.45) is 5.41 Å². The van der Waals surface area contributed by atoms with Crippen LogP contribution < -0.4 is 4.74 Å². The highest BCUT2D eigenvalue weighted by molar-refractivity contribution is 6.00. The third-order valence-electron chi connectivity index (χ3n) is 5.66. The molecule has 0 saturated carbocycles. The van der Waals surface area contributed by atoms with Crippen LogP contribution in [0.1, 0.15) is 58.2 Å². The largest absolute Gasteiger partial charge is 0.508 e. The zero-order chi connectivity index (χ0) is 25.7. The van der Waals surface area contributed by atoms with Gasteiger partial charge in [0.1, 0.15) is 23.0 Å². The molecule has 0 bridgehead atoms. The van der Waals surface area contributed by atoms with Gasteiger partial charge in [0.2, 0.25) is 0 Å². The Labute approximate surface area is 199 Å². The average Bonchev–Trinajstić information content (AvgIpc) is 3.05. The SMILES string of the molecule is CC(C)(C)C(=O)O.O=C(O)c1ccc2c(c1)C(=O)OC21c2ccc(O)cc2Oc2cc(O)ccc21. The van der Waals surface area contributed by atoms with Gasteiger partial charge < -0.3 is 29.9 Å². The smallest absolute Gasteiger partial charge is 0.340 e. The summed E-state index contributed by atoms with van der Waals surface area (Å²) in [4.78, 5) is 34.1. The highest BCUT2D eigenvalue weighted by Gasteiger charge is 2.53. The Hall–Kier alpha value is -4.53. The molecule has 0 radical (unpaired) electrons. The van der Waals surface area contributed by atoms with Crippen molar-refractivity contribution in [2.75, 3.05) is 0 Å². The maximum atomic E-state index is 12.7. The fourth-order valence-corrected chi connectivity index (χ4v) is 3.84. The van der Waals surface area contributed by atoms with Crippen molar-refractivity contribution in [3.05, 3.63) is 82.4 Å². The summed E-state index contributed by atoms with van der Waals surface area (Å²) in [5.41, 5.74) is -0.424. The van der Waals surface area contributed by atoms with Crippen LogP contribution >= 0.6 is 0 Å². The van der Waals surface area contributed by atoms with E-state index in [4.69, 9.17) is 14.6 Å². The van der Waals surface area contributed by atoms with Gasteiger partial charge in [-0.25, -0.2) is 9.59 Å². The molecular weight excluding hydrogens is 456 g/mol. The Balaban J connectivity index is 0.000000364. The number of benzene rings is 3. The fraction of sp³-hybridized carbons (Fsp3) is 0.192. The van der Waals surface area contributed by atoms with Crippen LogP contribution in [-0.2, 0) is 15.1 Å². The zero-order valence-electron chi connectivity index (χ0n) is 19.0. The van der Waals surface area contributed by atoms with Crippen molar-refractivity contribution < 1.29 is 44.3 Å². The Morgan fingerprint density at radius 2 is 1.29 bits per heavy atom. The summed E-state index contributed by atoms with van der Waals surface area (Å²) in [5.74, 6) is -2.13. The number of carboxylic acid groups (broad SMARTS) is 2. The zero-order valence-corrected chi connectivity index (χ0v) is 19.0. The van der Waals surface area contributed by atoms with Gasteiger partial charge in [-0.1, -0.05) is 6.07 Å². The molecule has 0 aromatic heterocycles. The third kappa shape index (κ3) is 3.90. The second-order valence-electron chi connectivity index (χ2n) is 9.15. The number of ether oxygens (including phenoxy) is 2. The lowest BCUT2D eigenvalue weighted by atomic mass is 9.77. The molecule has 3 aromatic rings. The third-order valence-corrected chi connectivity index (χ3v) is 5.66. The molecule has 0 amide bonds. The molecule has 35 heavy (non-hydrogen) atoms. The van der Waals surface area contributed by atoms with Crippen LogP contribution in [0.2, 0.25) is 0 Å². The Morgan fingerprint density at radius 3 is 1.74 bits per heavy atom. The molecule has 0 unspecified atom stereocenters. The number of aromatic carboxylic acids is 1. The molecule has 1 spiro atoms. The summed E-state index contributed by atoms with van der Waals surface area (Å²) in [7, 11) is 0. The van der Waals surface area contributed by atoms with Crippen molar-refractivity contribution in [1.82, 2.24) is 0 Å². The van der Waals surface area contributed by atoms with Crippen molar-refractivity contribution in [1.29, 1.82) is 0 Å². The van der Waals surface area contributed by atoms with Crippen LogP contribution in [0, 0.1) is 5.41 Å². The number of hydrogen-bond donors (Lipinski definition) is 4. The first-order valence-electron chi connectivity index (χ1n) is 10.5. The molecule has 0 aliphatic carbocycles. The van der Waals surface area contributed by atoms with E-state index in [1.54, 1.807) is 39.0 Å². The summed E-state index contributed by atoms with van der Waals surface area (Å²) in [5, 5.41) is 37.2. The topological polar surface area (TPSA) is 151 Å². The minimum absolute atomic E-state index is 0.0309. The number of phenols is 2. The van der Waals surface area contributed by atoms with Crippen LogP contribution in [0.15, 0.2) is 54.6 Å². The van der Waals surface area contributed by atoms with Crippen LogP contribution in [-0.4, -0.2) is 38.3 Å². The van der Waals surface area contributed by atoms with Crippen molar-refractivity contribution in [3.63, 3.8) is 0 Å². The standard InChI is InChI=1S/C21H12O7.C5H10O2/c22-11-2-5-15-17(8-11)27-18-9-12(23)3-6-16(18)21(15)14-4-1-10(19(24)25)7-13(14)20(26)28-21;1-5(2,3)4(6)7/h1-9,22-23H,(H,24,25);1-3H3,(H,6,7). The average molecular weight is 478 g/mol. The molecule has 180 valence electrons. The number of carbonyl (C=O) groups is 3. The van der Waals surface area contributed by atoms with E-state index in [0.717, 1.165) is 0 Å². The maximum Gasteiger partial charge on any atom is 0.340 e. The first kappa shape index (κ1) is 23.6. The minimum Gasteiger partial charge on any atom is -0.508 e. The van der Waals surface area contributed by atoms with Gasteiger partial charge in [0.25, 0.3) is 0 Å². The molecule has 0 fully saturated rings. The molecule has 0 atom stereocenters. The molecule has 3 aromatic carbocycles. The quantitative estimate of drug-likeness (QED) is 0.371. The van der Waals surface area contributed by atoms with Gasteiger partial charge in [-0.05, 0) is 57.2 Å². The van der Waals surface area contributed by atoms with E-state index in [9.17, 15) is 29.7 Å². The number of carbonyl (C=O) groups excluding carboxylic acids is 1. The van der Waals surface area contributed by atoms with Crippen molar-refractivity contribution in [2.45, 2.75) is 26.4 Å². The highest BCUT2D eigenvalue weighted by Crippen LogP contribution is 2.57. The summed E-state index contributed by atoms with van der Waals surface area (Å²) >= 11 is 0. The van der Waals surface area contributed by atoms with Crippen LogP contribution in [0.5, 0.6) is 23.0 Å². The molecule has 2 aliphatic rings. The molecule has 9 nitrogen and oxygen atoms in total. The number of carboxylic acids is 2. The van der Waals surface area contributed by atoms with E-state index in [1.165, 1.54) is 36.4 Å². The van der Waals surface area contributed by atoms with Gasteiger partial charge in [0.05, 0.1) is 16.5 Å². The number of hydrogen-bond acceptors (Lipinski definition) is 7. The van der Waals surface area contributed by atoms with Gasteiger partial charge in [-0.3, -0.25) is 4.79 Å². The Morgan fingerprint density at radius 1 is 0.800 bits per heavy atom. The molecule has 5 rings (SSSR count). The molecule has 2 aliphatic heterocycles. The maximum absolute atomic E-state index is 12.7. The van der Waals surface area contributed by atoms with Gasteiger partial charge in [-0.2, -0.15) is 0 Å². The van der Waals surface area contributed by atoms with Gasteiger partial charge in [0.15, 0.2) is 5.60 Å². The van der Waals surface area contributed by atoms with E-state index in [0.29, 0.717) is 16.7 Å². The molecule has 2 heterocycles. The number of esters is 1. The lowest BCUT2D eigenvalue weighted by Gasteiger charge is -2.36. The van der Waals surface area contributed by atoms with E-state index < -0.39 is 28.9 Å². The van der Waals surface area contributed by atoms with E-state index >= 15 is 0 Å². The lowest BCUT2D eigenvalue weighted by molar-refractivity contribution is -0.145. The number of phenolic OH excluding ortho intramolecular Hbond substituents is 2. The Bertz CT molecular complexity index is 1330. The van der Waals surface area contributed by atoms with Gasteiger partial charge >= 0.3 is 17.9 Å². The predicted octanol–water partition coefficient (Wildman–Crippen LogP) is 4.48. The normalized spacial score (nSPS) is 14.4. The summed E-state index contributed by atoms with van der Waals surface area (Å²) in [6, 6.07) is 13.1. The minimum atomic E-state index is -1.38. The predicted molar refractivity (Wildman–Crippen MR) is 122 cm³/mol. The highest BCUT2D eigenvalue weighted by atomic mass is 16.6.